The first-order chi connectivity index (χ1) is 21.9. The van der Waals surface area contributed by atoms with Gasteiger partial charge in [0.2, 0.25) is 5.91 Å². The lowest BCUT2D eigenvalue weighted by molar-refractivity contribution is -0.223. The molecule has 2 aliphatic heterocycles. The van der Waals surface area contributed by atoms with Crippen LogP contribution in [0.3, 0.4) is 0 Å². The van der Waals surface area contributed by atoms with Crippen molar-refractivity contribution >= 4 is 18.0 Å². The van der Waals surface area contributed by atoms with Crippen LogP contribution in [0.15, 0.2) is 55.1 Å². The molecule has 0 aromatic heterocycles. The molecule has 2 unspecified atom stereocenters. The van der Waals surface area contributed by atoms with Crippen molar-refractivity contribution in [3.63, 3.8) is 0 Å². The number of ether oxygens (including phenoxy) is 3. The Morgan fingerprint density at radius 3 is 2.54 bits per heavy atom. The highest BCUT2D eigenvalue weighted by molar-refractivity contribution is 5.92. The van der Waals surface area contributed by atoms with Crippen LogP contribution in [0.25, 0.3) is 6.08 Å². The fourth-order valence-corrected chi connectivity index (χ4v) is 8.72. The molecule has 6 rings (SSSR count). The van der Waals surface area contributed by atoms with Gasteiger partial charge in [0.05, 0.1) is 30.2 Å². The Morgan fingerprint density at radius 1 is 1.17 bits per heavy atom. The van der Waals surface area contributed by atoms with Crippen molar-refractivity contribution in [2.24, 2.45) is 5.92 Å². The van der Waals surface area contributed by atoms with Gasteiger partial charge in [-0.05, 0) is 67.0 Å². The molecule has 46 heavy (non-hydrogen) atoms. The van der Waals surface area contributed by atoms with Gasteiger partial charge in [0.15, 0.2) is 11.5 Å². The Bertz CT molecular complexity index is 1550. The number of rotatable bonds is 9. The minimum absolute atomic E-state index is 0.101. The van der Waals surface area contributed by atoms with Crippen LogP contribution in [-0.2, 0) is 32.3 Å². The van der Waals surface area contributed by atoms with Crippen molar-refractivity contribution in [2.45, 2.75) is 81.8 Å². The van der Waals surface area contributed by atoms with Crippen LogP contribution < -0.4 is 9.47 Å². The van der Waals surface area contributed by atoms with Crippen LogP contribution >= 0.6 is 0 Å². The van der Waals surface area contributed by atoms with Gasteiger partial charge in [0, 0.05) is 38.2 Å². The van der Waals surface area contributed by atoms with E-state index in [-0.39, 0.29) is 29.9 Å². The quantitative estimate of drug-likeness (QED) is 0.185. The summed E-state index contributed by atoms with van der Waals surface area (Å²) in [5, 5.41) is 0. The van der Waals surface area contributed by atoms with Crippen molar-refractivity contribution in [2.75, 3.05) is 26.7 Å². The maximum absolute atomic E-state index is 14.1. The molecule has 0 N–H and O–H groups in total. The fourth-order valence-electron chi connectivity index (χ4n) is 8.72. The molecule has 10 heteroatoms. The van der Waals surface area contributed by atoms with Crippen LogP contribution in [-0.4, -0.2) is 72.2 Å². The summed E-state index contributed by atoms with van der Waals surface area (Å²) in [6, 6.07) is 8.29. The maximum Gasteiger partial charge on any atom is 0.416 e. The number of esters is 1. The Kier molecular flexibility index (Phi) is 8.24. The standard InChI is InChI=1S/C36H41F3N2O5/c1-6-18-40-19-17-34-31-25-10-13-28(44-5)32(31)45-33(34)27(15-16-35(34,29(40)20-25)46-23(4)42)41(21-22(2)3)30(43)14-9-24-7-11-26(12-8-24)36(37,38)39/h6-14,22,27,29,33H,1,15-21H2,2-5H3/b14-9+/t27?,29-,33?,34+,35-/m1/s1. The minimum atomic E-state index is -4.44. The number of alkyl halides is 3. The highest BCUT2D eigenvalue weighted by Crippen LogP contribution is 2.67. The number of methoxy groups -OCH3 is 1. The van der Waals surface area contributed by atoms with Gasteiger partial charge in [-0.2, -0.15) is 13.2 Å². The van der Waals surface area contributed by atoms with E-state index in [4.69, 9.17) is 14.2 Å². The number of halogens is 3. The highest BCUT2D eigenvalue weighted by atomic mass is 19.4. The van der Waals surface area contributed by atoms with Crippen LogP contribution in [0.5, 0.6) is 11.5 Å². The lowest BCUT2D eigenvalue weighted by atomic mass is 9.48. The van der Waals surface area contributed by atoms with Crippen LogP contribution in [0.2, 0.25) is 0 Å². The number of likely N-dealkylation sites (tertiary alicyclic amines) is 1. The van der Waals surface area contributed by atoms with Gasteiger partial charge in [-0.1, -0.05) is 38.1 Å². The SMILES string of the molecule is C=CCN1CC[C@]23c4c5ccc(OC)c4OC2C(N(CC(C)C)C(=O)/C=C/c2ccc(C(F)(F)F)cc2)CC[C@@]3(OC(C)=O)[C@H]1C5. The summed E-state index contributed by atoms with van der Waals surface area (Å²) >= 11 is 0. The molecular formula is C36H41F3N2O5. The molecule has 2 bridgehead atoms. The molecule has 2 fully saturated rings. The molecule has 1 saturated carbocycles. The molecule has 5 atom stereocenters. The Morgan fingerprint density at radius 2 is 1.91 bits per heavy atom. The number of hydrogen-bond donors (Lipinski definition) is 0. The largest absolute Gasteiger partial charge is 0.493 e. The smallest absolute Gasteiger partial charge is 0.416 e. The lowest BCUT2D eigenvalue weighted by Crippen LogP contribution is -2.79. The molecule has 7 nitrogen and oxygen atoms in total. The van der Waals surface area contributed by atoms with Crippen LogP contribution in [0.1, 0.15) is 62.3 Å². The highest BCUT2D eigenvalue weighted by Gasteiger charge is 2.75. The van der Waals surface area contributed by atoms with E-state index in [0.717, 1.165) is 29.8 Å². The number of benzene rings is 2. The Balaban J connectivity index is 1.43. The summed E-state index contributed by atoms with van der Waals surface area (Å²) in [5.41, 5.74) is 0.306. The van der Waals surface area contributed by atoms with Gasteiger partial charge in [0.1, 0.15) is 11.7 Å². The second-order valence-electron chi connectivity index (χ2n) is 13.3. The molecule has 2 heterocycles. The third-order valence-electron chi connectivity index (χ3n) is 10.3. The predicted octanol–water partition coefficient (Wildman–Crippen LogP) is 6.19. The van der Waals surface area contributed by atoms with Gasteiger partial charge in [-0.25, -0.2) is 0 Å². The van der Waals surface area contributed by atoms with E-state index >= 15 is 0 Å². The number of carbonyl (C=O) groups excluding carboxylic acids is 2. The lowest BCUT2D eigenvalue weighted by Gasteiger charge is -2.65. The summed E-state index contributed by atoms with van der Waals surface area (Å²) in [4.78, 5) is 31.2. The molecular weight excluding hydrogens is 597 g/mol. The fraction of sp³-hybridized carbons (Fsp3) is 0.500. The minimum Gasteiger partial charge on any atom is -0.493 e. The van der Waals surface area contributed by atoms with Crippen LogP contribution in [0, 0.1) is 5.92 Å². The summed E-state index contributed by atoms with van der Waals surface area (Å²) in [6.45, 7) is 11.4. The third-order valence-corrected chi connectivity index (χ3v) is 10.3. The normalized spacial score (nSPS) is 28.0. The second kappa shape index (κ2) is 11.8. The van der Waals surface area contributed by atoms with Gasteiger partial charge in [-0.3, -0.25) is 14.5 Å². The number of carbonyl (C=O) groups is 2. The van der Waals surface area contributed by atoms with E-state index in [1.165, 1.54) is 25.1 Å². The summed E-state index contributed by atoms with van der Waals surface area (Å²) in [5.74, 6) is 0.785. The number of amides is 1. The van der Waals surface area contributed by atoms with E-state index in [1.54, 1.807) is 13.2 Å². The average molecular weight is 639 g/mol. The Labute approximate surface area is 268 Å². The monoisotopic (exact) mass is 638 g/mol. The van der Waals surface area contributed by atoms with Gasteiger partial charge >= 0.3 is 12.1 Å². The van der Waals surface area contributed by atoms with E-state index in [0.29, 0.717) is 55.8 Å². The average Bonchev–Trinajstić information content (AvgIpc) is 3.35. The molecule has 2 aromatic carbocycles. The molecule has 1 amide bonds. The first kappa shape index (κ1) is 32.2. The van der Waals surface area contributed by atoms with Crippen molar-refractivity contribution in [1.82, 2.24) is 9.80 Å². The van der Waals surface area contributed by atoms with Crippen molar-refractivity contribution in [3.8, 4) is 11.5 Å². The molecule has 1 saturated heterocycles. The zero-order valence-electron chi connectivity index (χ0n) is 26.7. The summed E-state index contributed by atoms with van der Waals surface area (Å²) < 4.78 is 58.5. The van der Waals surface area contributed by atoms with E-state index in [2.05, 4.69) is 17.5 Å². The van der Waals surface area contributed by atoms with E-state index in [1.807, 2.05) is 30.9 Å². The molecule has 0 radical (unpaired) electrons. The molecule has 1 spiro atoms. The predicted molar refractivity (Wildman–Crippen MR) is 168 cm³/mol. The first-order valence-corrected chi connectivity index (χ1v) is 15.9. The topological polar surface area (TPSA) is 68.3 Å². The zero-order valence-corrected chi connectivity index (χ0v) is 26.7. The maximum atomic E-state index is 14.1. The zero-order chi connectivity index (χ0) is 33.0. The molecule has 4 aliphatic rings. The summed E-state index contributed by atoms with van der Waals surface area (Å²) in [7, 11) is 1.61. The van der Waals surface area contributed by atoms with Gasteiger partial charge in [0.25, 0.3) is 0 Å². The van der Waals surface area contributed by atoms with E-state index < -0.39 is 28.9 Å². The second-order valence-corrected chi connectivity index (χ2v) is 13.3. The van der Waals surface area contributed by atoms with Gasteiger partial charge in [-0.15, -0.1) is 6.58 Å². The van der Waals surface area contributed by atoms with Crippen molar-refractivity contribution in [1.29, 1.82) is 0 Å². The molecule has 2 aliphatic carbocycles. The number of piperidine rings is 1. The molecule has 2 aromatic rings. The summed E-state index contributed by atoms with van der Waals surface area (Å²) in [6.07, 6.45) is 2.33. The number of hydrogen-bond acceptors (Lipinski definition) is 6. The van der Waals surface area contributed by atoms with Gasteiger partial charge < -0.3 is 19.1 Å². The third kappa shape index (κ3) is 5.00. The molecule has 246 valence electrons. The van der Waals surface area contributed by atoms with Crippen molar-refractivity contribution < 1.29 is 37.0 Å². The van der Waals surface area contributed by atoms with E-state index in [9.17, 15) is 22.8 Å². The van der Waals surface area contributed by atoms with Crippen molar-refractivity contribution in [3.05, 3.63) is 77.4 Å². The first-order valence-electron chi connectivity index (χ1n) is 15.9. The Hall–Kier alpha value is -3.79. The van der Waals surface area contributed by atoms with Crippen LogP contribution in [0.4, 0.5) is 13.2 Å². The number of nitrogens with zero attached hydrogens (tertiary/aromatic N) is 2.